The van der Waals surface area contributed by atoms with Gasteiger partial charge in [-0.25, -0.2) is 0 Å². The second-order valence-electron chi connectivity index (χ2n) is 7.02. The molecule has 0 unspecified atom stereocenters. The average molecular weight is 285 g/mol. The van der Waals surface area contributed by atoms with Gasteiger partial charge in [0, 0.05) is 24.3 Å². The molecule has 0 amide bonds. The highest BCUT2D eigenvalue weighted by molar-refractivity contribution is 5.81. The van der Waals surface area contributed by atoms with E-state index in [1.54, 1.807) is 0 Å². The summed E-state index contributed by atoms with van der Waals surface area (Å²) in [6, 6.07) is 4.38. The molecule has 0 radical (unpaired) electrons. The van der Waals surface area contributed by atoms with Gasteiger partial charge in [-0.2, -0.15) is 0 Å². The number of aromatic hydroxyl groups is 1. The summed E-state index contributed by atoms with van der Waals surface area (Å²) in [6.45, 7) is 3.14. The fourth-order valence-corrected chi connectivity index (χ4v) is 5.23. The third kappa shape index (κ3) is 1.80. The van der Waals surface area contributed by atoms with Crippen molar-refractivity contribution in [1.29, 1.82) is 0 Å². The number of nitrogens with one attached hydrogen (secondary N) is 1. The number of piperidine rings is 1. The molecule has 3 heteroatoms. The third-order valence-electron chi connectivity index (χ3n) is 6.09. The van der Waals surface area contributed by atoms with Crippen LogP contribution in [0.1, 0.15) is 49.3 Å². The first-order valence-corrected chi connectivity index (χ1v) is 8.24. The predicted octanol–water partition coefficient (Wildman–Crippen LogP) is 2.48. The van der Waals surface area contributed by atoms with Crippen molar-refractivity contribution in [3.63, 3.8) is 0 Å². The molecule has 1 saturated heterocycles. The lowest BCUT2D eigenvalue weighted by Crippen LogP contribution is -2.60. The van der Waals surface area contributed by atoms with Gasteiger partial charge in [-0.15, -0.1) is 0 Å². The van der Waals surface area contributed by atoms with Crippen LogP contribution in [0.3, 0.4) is 0 Å². The molecule has 3 atom stereocenters. The Hall–Kier alpha value is -1.35. The van der Waals surface area contributed by atoms with Gasteiger partial charge in [0.05, 0.1) is 0 Å². The van der Waals surface area contributed by atoms with Gasteiger partial charge in [-0.1, -0.05) is 6.92 Å². The average Bonchev–Trinajstić information content (AvgIpc) is 2.47. The summed E-state index contributed by atoms with van der Waals surface area (Å²) in [5, 5.41) is 13.8. The van der Waals surface area contributed by atoms with Gasteiger partial charge in [-0.05, 0) is 67.0 Å². The Morgan fingerprint density at radius 3 is 3.10 bits per heavy atom. The van der Waals surface area contributed by atoms with Crippen LogP contribution in [0.4, 0.5) is 0 Å². The Kier molecular flexibility index (Phi) is 2.90. The number of benzene rings is 1. The van der Waals surface area contributed by atoms with Crippen LogP contribution in [0, 0.1) is 5.92 Å². The SMILES string of the molecule is CCc1cc(O)cc2c1C[C@H]1NCC[C@@]23CC(=O)CC[C@@H]13. The van der Waals surface area contributed by atoms with Crippen LogP contribution in [-0.4, -0.2) is 23.5 Å². The van der Waals surface area contributed by atoms with Crippen molar-refractivity contribution in [2.24, 2.45) is 5.92 Å². The number of hydrogen-bond acceptors (Lipinski definition) is 3. The molecular formula is C18H23NO2. The van der Waals surface area contributed by atoms with Crippen LogP contribution in [0.25, 0.3) is 0 Å². The summed E-state index contributed by atoms with van der Waals surface area (Å²) in [5.41, 5.74) is 3.93. The van der Waals surface area contributed by atoms with Crippen molar-refractivity contribution in [2.45, 2.75) is 56.9 Å². The zero-order valence-electron chi connectivity index (χ0n) is 12.6. The maximum Gasteiger partial charge on any atom is 0.133 e. The molecule has 21 heavy (non-hydrogen) atoms. The topological polar surface area (TPSA) is 49.3 Å². The van der Waals surface area contributed by atoms with Gasteiger partial charge in [0.2, 0.25) is 0 Å². The molecule has 3 nitrogen and oxygen atoms in total. The highest BCUT2D eigenvalue weighted by Crippen LogP contribution is 2.54. The smallest absolute Gasteiger partial charge is 0.133 e. The Bertz CT molecular complexity index is 609. The number of hydrogen-bond donors (Lipinski definition) is 2. The maximum atomic E-state index is 12.2. The number of phenolic OH excluding ortho intramolecular Hbond substituents is 1. The van der Waals surface area contributed by atoms with Crippen molar-refractivity contribution in [3.05, 3.63) is 28.8 Å². The molecular weight excluding hydrogens is 262 g/mol. The molecule has 0 spiro atoms. The van der Waals surface area contributed by atoms with Crippen LogP contribution in [-0.2, 0) is 23.1 Å². The lowest BCUT2D eigenvalue weighted by molar-refractivity contribution is -0.125. The maximum absolute atomic E-state index is 12.2. The minimum absolute atomic E-state index is 0.0124. The monoisotopic (exact) mass is 285 g/mol. The number of carbonyl (C=O) groups is 1. The lowest BCUT2D eigenvalue weighted by atomic mass is 9.52. The fraction of sp³-hybridized carbons (Fsp3) is 0.611. The first-order chi connectivity index (χ1) is 10.1. The zero-order valence-corrected chi connectivity index (χ0v) is 12.6. The normalized spacial score (nSPS) is 34.2. The molecule has 2 N–H and O–H groups in total. The molecule has 1 saturated carbocycles. The minimum atomic E-state index is -0.0124. The number of phenols is 1. The summed E-state index contributed by atoms with van der Waals surface area (Å²) in [6.07, 6.45) is 5.44. The second kappa shape index (κ2) is 4.57. The largest absolute Gasteiger partial charge is 0.508 e. The molecule has 2 fully saturated rings. The first kappa shape index (κ1) is 13.3. The molecule has 2 bridgehead atoms. The van der Waals surface area contributed by atoms with Crippen LogP contribution < -0.4 is 5.32 Å². The number of ketones is 1. The number of carbonyl (C=O) groups excluding carboxylic acids is 1. The van der Waals surface area contributed by atoms with Crippen molar-refractivity contribution >= 4 is 5.78 Å². The molecule has 112 valence electrons. The summed E-state index contributed by atoms with van der Waals surface area (Å²) in [4.78, 5) is 12.2. The molecule has 1 aromatic rings. The van der Waals surface area contributed by atoms with Crippen molar-refractivity contribution in [3.8, 4) is 5.75 Å². The highest BCUT2D eigenvalue weighted by atomic mass is 16.3. The molecule has 3 aliphatic rings. The summed E-state index contributed by atoms with van der Waals surface area (Å²) in [5.74, 6) is 1.33. The van der Waals surface area contributed by atoms with E-state index in [4.69, 9.17) is 0 Å². The van der Waals surface area contributed by atoms with E-state index in [0.29, 0.717) is 29.9 Å². The number of fused-ring (bicyclic) bond motifs is 1. The van der Waals surface area contributed by atoms with E-state index in [9.17, 15) is 9.90 Å². The Labute approximate surface area is 125 Å². The van der Waals surface area contributed by atoms with E-state index in [2.05, 4.69) is 12.2 Å². The highest BCUT2D eigenvalue weighted by Gasteiger charge is 2.53. The number of aryl methyl sites for hydroxylation is 1. The quantitative estimate of drug-likeness (QED) is 0.833. The van der Waals surface area contributed by atoms with Crippen molar-refractivity contribution in [2.75, 3.05) is 6.54 Å². The Morgan fingerprint density at radius 2 is 2.29 bits per heavy atom. The van der Waals surface area contributed by atoms with Crippen LogP contribution in [0.5, 0.6) is 5.75 Å². The van der Waals surface area contributed by atoms with Crippen molar-refractivity contribution in [1.82, 2.24) is 5.32 Å². The zero-order chi connectivity index (χ0) is 14.6. The lowest BCUT2D eigenvalue weighted by Gasteiger charge is -2.55. The van der Waals surface area contributed by atoms with Crippen LogP contribution >= 0.6 is 0 Å². The molecule has 2 aliphatic carbocycles. The third-order valence-corrected chi connectivity index (χ3v) is 6.09. The summed E-state index contributed by atoms with van der Waals surface area (Å²) in [7, 11) is 0. The van der Waals surface area contributed by atoms with Crippen LogP contribution in [0.15, 0.2) is 12.1 Å². The summed E-state index contributed by atoms with van der Waals surface area (Å²) >= 11 is 0. The molecule has 4 rings (SSSR count). The molecule has 1 aliphatic heterocycles. The Balaban J connectivity index is 1.95. The van der Waals surface area contributed by atoms with Crippen LogP contribution in [0.2, 0.25) is 0 Å². The van der Waals surface area contributed by atoms with E-state index in [0.717, 1.165) is 38.6 Å². The van der Waals surface area contributed by atoms with Gasteiger partial charge in [0.1, 0.15) is 11.5 Å². The fourth-order valence-electron chi connectivity index (χ4n) is 5.23. The van der Waals surface area contributed by atoms with Crippen molar-refractivity contribution < 1.29 is 9.90 Å². The van der Waals surface area contributed by atoms with E-state index >= 15 is 0 Å². The Morgan fingerprint density at radius 1 is 1.43 bits per heavy atom. The van der Waals surface area contributed by atoms with E-state index in [1.165, 1.54) is 16.7 Å². The molecule has 1 heterocycles. The molecule has 0 aromatic heterocycles. The van der Waals surface area contributed by atoms with Gasteiger partial charge in [0.25, 0.3) is 0 Å². The van der Waals surface area contributed by atoms with E-state index in [-0.39, 0.29) is 5.41 Å². The predicted molar refractivity (Wildman–Crippen MR) is 81.6 cm³/mol. The summed E-state index contributed by atoms with van der Waals surface area (Å²) < 4.78 is 0. The van der Waals surface area contributed by atoms with Gasteiger partial charge >= 0.3 is 0 Å². The van der Waals surface area contributed by atoms with Gasteiger partial charge < -0.3 is 10.4 Å². The minimum Gasteiger partial charge on any atom is -0.508 e. The van der Waals surface area contributed by atoms with Gasteiger partial charge in [0.15, 0.2) is 0 Å². The number of Topliss-reactive ketones (excluding diaryl/α,β-unsaturated/α-hetero) is 1. The van der Waals surface area contributed by atoms with E-state index < -0.39 is 0 Å². The standard InChI is InChI=1S/C18H23NO2/c1-2-11-7-13(21)8-16-14(11)9-17-15-4-3-12(20)10-18(15,16)5-6-19-17/h7-8,15,17,19,21H,2-6,9-10H2,1H3/t15-,17+,18-/m0/s1. The van der Waals surface area contributed by atoms with E-state index in [1.807, 2.05) is 12.1 Å². The first-order valence-electron chi connectivity index (χ1n) is 8.24. The number of rotatable bonds is 1. The van der Waals surface area contributed by atoms with Gasteiger partial charge in [-0.3, -0.25) is 4.79 Å². The molecule has 1 aromatic carbocycles. The second-order valence-corrected chi connectivity index (χ2v) is 7.02.